The first kappa shape index (κ1) is 17.1. The van der Waals surface area contributed by atoms with Crippen LogP contribution in [0.2, 0.25) is 0 Å². The lowest BCUT2D eigenvalue weighted by molar-refractivity contribution is 0.313. The smallest absolute Gasteiger partial charge is 0.184 e. The molecule has 8 heteroatoms. The Bertz CT molecular complexity index is 1160. The second-order valence-electron chi connectivity index (χ2n) is 7.07. The Balaban J connectivity index is 1.39. The van der Waals surface area contributed by atoms with E-state index < -0.39 is 0 Å². The minimum atomic E-state index is 0.0715. The monoisotopic (exact) mass is 392 g/mol. The molecule has 4 aromatic rings. The summed E-state index contributed by atoms with van der Waals surface area (Å²) in [5.74, 6) is 0. The molecular weight excluding hydrogens is 372 g/mol. The van der Waals surface area contributed by atoms with E-state index in [-0.39, 0.29) is 6.04 Å². The zero-order valence-corrected chi connectivity index (χ0v) is 16.1. The van der Waals surface area contributed by atoms with Crippen molar-refractivity contribution in [3.8, 4) is 0 Å². The number of fused-ring (bicyclic) bond motifs is 2. The van der Waals surface area contributed by atoms with Crippen LogP contribution in [0.15, 0.2) is 48.0 Å². The minimum Gasteiger partial charge on any atom is -0.411 e. The maximum atomic E-state index is 9.23. The molecule has 1 aliphatic carbocycles. The fourth-order valence-corrected chi connectivity index (χ4v) is 4.74. The second-order valence-corrected chi connectivity index (χ2v) is 8.10. The molecule has 0 amide bonds. The number of hydrogen-bond donors (Lipinski definition) is 2. The Hall–Kier alpha value is -3.00. The van der Waals surface area contributed by atoms with Crippen molar-refractivity contribution in [2.24, 2.45) is 5.16 Å². The second kappa shape index (κ2) is 7.20. The fraction of sp³-hybridized carbons (Fsp3) is 0.300. The van der Waals surface area contributed by atoms with Gasteiger partial charge in [0.25, 0.3) is 0 Å². The number of oxime groups is 1. The third-order valence-corrected chi connectivity index (χ3v) is 6.13. The summed E-state index contributed by atoms with van der Waals surface area (Å²) in [6, 6.07) is 10.3. The topological polar surface area (TPSA) is 88.2 Å². The van der Waals surface area contributed by atoms with Crippen LogP contribution in [0.4, 0.5) is 5.13 Å². The molecule has 1 fully saturated rings. The first-order valence-electron chi connectivity index (χ1n) is 9.43. The summed E-state index contributed by atoms with van der Waals surface area (Å²) in [7, 11) is 0. The molecule has 1 saturated carbocycles. The van der Waals surface area contributed by atoms with Crippen molar-refractivity contribution in [3.63, 3.8) is 0 Å². The number of pyridine rings is 1. The van der Waals surface area contributed by atoms with E-state index in [0.717, 1.165) is 57.9 Å². The first-order valence-corrected chi connectivity index (χ1v) is 10.2. The molecule has 1 unspecified atom stereocenters. The van der Waals surface area contributed by atoms with E-state index >= 15 is 0 Å². The highest BCUT2D eigenvalue weighted by atomic mass is 32.1. The van der Waals surface area contributed by atoms with E-state index in [2.05, 4.69) is 43.2 Å². The molecule has 7 nitrogen and oxygen atoms in total. The summed E-state index contributed by atoms with van der Waals surface area (Å²) in [5.41, 5.74) is 4.78. The van der Waals surface area contributed by atoms with Crippen LogP contribution < -0.4 is 5.32 Å². The van der Waals surface area contributed by atoms with Crippen LogP contribution >= 0.6 is 11.3 Å². The van der Waals surface area contributed by atoms with Crippen molar-refractivity contribution in [3.05, 3.63) is 48.4 Å². The van der Waals surface area contributed by atoms with Crippen molar-refractivity contribution in [2.75, 3.05) is 5.32 Å². The molecule has 5 rings (SSSR count). The lowest BCUT2D eigenvalue weighted by Crippen LogP contribution is -2.32. The Kier molecular flexibility index (Phi) is 4.40. The molecule has 0 bridgehead atoms. The van der Waals surface area contributed by atoms with Gasteiger partial charge in [-0.15, -0.1) is 0 Å². The van der Waals surface area contributed by atoms with E-state index in [1.807, 2.05) is 18.5 Å². The summed E-state index contributed by atoms with van der Waals surface area (Å²) in [4.78, 5) is 13.5. The average molecular weight is 392 g/mol. The lowest BCUT2D eigenvalue weighted by Gasteiger charge is -2.23. The normalized spacial score (nSPS) is 18.9. The average Bonchev–Trinajstić information content (AvgIpc) is 3.32. The van der Waals surface area contributed by atoms with Gasteiger partial charge >= 0.3 is 0 Å². The third kappa shape index (κ3) is 3.20. The zero-order chi connectivity index (χ0) is 18.9. The van der Waals surface area contributed by atoms with Crippen molar-refractivity contribution >= 4 is 43.6 Å². The largest absolute Gasteiger partial charge is 0.411 e. The van der Waals surface area contributed by atoms with Crippen LogP contribution in [0.3, 0.4) is 0 Å². The minimum absolute atomic E-state index is 0.0715. The Labute approximate surface area is 165 Å². The van der Waals surface area contributed by atoms with Gasteiger partial charge in [0.15, 0.2) is 10.8 Å². The highest BCUT2D eigenvalue weighted by Gasteiger charge is 2.22. The maximum Gasteiger partial charge on any atom is 0.184 e. The van der Waals surface area contributed by atoms with Crippen molar-refractivity contribution in [1.29, 1.82) is 0 Å². The lowest BCUT2D eigenvalue weighted by atomic mass is 9.93. The molecule has 1 aromatic carbocycles. The maximum absolute atomic E-state index is 9.23. The number of thiazole rings is 1. The standard InChI is InChI=1S/C20H20N6OS/c27-25-15-5-2-1-4-14(15)23-20-24-16-8-7-13(10-18(16)28-20)11-26-12-22-17-6-3-9-21-19(17)26/h3,6-10,12,14,27H,1-2,4-5,11H2,(H,23,24)/b25-15+. The van der Waals surface area contributed by atoms with E-state index in [0.29, 0.717) is 6.54 Å². The number of hydrogen-bond acceptors (Lipinski definition) is 7. The molecule has 1 atom stereocenters. The van der Waals surface area contributed by atoms with Gasteiger partial charge in [0.05, 0.1) is 34.8 Å². The number of nitrogens with zero attached hydrogens (tertiary/aromatic N) is 5. The van der Waals surface area contributed by atoms with Gasteiger partial charge in [0.2, 0.25) is 0 Å². The molecule has 2 N–H and O–H groups in total. The van der Waals surface area contributed by atoms with Crippen LogP contribution in [-0.4, -0.2) is 36.5 Å². The molecule has 0 spiro atoms. The highest BCUT2D eigenvalue weighted by Crippen LogP contribution is 2.29. The van der Waals surface area contributed by atoms with Gasteiger partial charge in [-0.3, -0.25) is 0 Å². The molecule has 3 heterocycles. The van der Waals surface area contributed by atoms with E-state index in [1.165, 1.54) is 5.56 Å². The molecule has 1 aliphatic rings. The predicted octanol–water partition coefficient (Wildman–Crippen LogP) is 4.27. The number of benzene rings is 1. The molecule has 0 aliphatic heterocycles. The molecular formula is C20H20N6OS. The molecule has 28 heavy (non-hydrogen) atoms. The van der Waals surface area contributed by atoms with E-state index in [1.54, 1.807) is 17.5 Å². The molecule has 0 radical (unpaired) electrons. The summed E-state index contributed by atoms with van der Waals surface area (Å²) >= 11 is 1.63. The van der Waals surface area contributed by atoms with Gasteiger partial charge in [0.1, 0.15) is 5.52 Å². The van der Waals surface area contributed by atoms with Crippen LogP contribution in [0.1, 0.15) is 31.2 Å². The fourth-order valence-electron chi connectivity index (χ4n) is 3.76. The van der Waals surface area contributed by atoms with Crippen molar-refractivity contribution in [1.82, 2.24) is 19.5 Å². The van der Waals surface area contributed by atoms with Crippen LogP contribution in [0, 0.1) is 0 Å². The van der Waals surface area contributed by atoms with Crippen molar-refractivity contribution < 1.29 is 5.21 Å². The van der Waals surface area contributed by atoms with Crippen LogP contribution in [0.25, 0.3) is 21.4 Å². The first-order chi connectivity index (χ1) is 13.8. The van der Waals surface area contributed by atoms with E-state index in [9.17, 15) is 5.21 Å². The Morgan fingerprint density at radius 3 is 3.11 bits per heavy atom. The van der Waals surface area contributed by atoms with Gasteiger partial charge in [-0.2, -0.15) is 0 Å². The number of anilines is 1. The highest BCUT2D eigenvalue weighted by molar-refractivity contribution is 7.22. The van der Waals surface area contributed by atoms with Crippen LogP contribution in [-0.2, 0) is 6.54 Å². The molecule has 142 valence electrons. The molecule has 3 aromatic heterocycles. The predicted molar refractivity (Wildman–Crippen MR) is 111 cm³/mol. The summed E-state index contributed by atoms with van der Waals surface area (Å²) in [6.45, 7) is 0.716. The summed E-state index contributed by atoms with van der Waals surface area (Å²) < 4.78 is 3.19. The molecule has 0 saturated heterocycles. The van der Waals surface area contributed by atoms with E-state index in [4.69, 9.17) is 4.98 Å². The summed E-state index contributed by atoms with van der Waals surface area (Å²) in [5, 5.41) is 17.0. The number of rotatable bonds is 4. The zero-order valence-electron chi connectivity index (χ0n) is 15.2. The SMILES string of the molecule is O/N=C1\CCCCC1Nc1nc2ccc(Cn3cnc4cccnc43)cc2s1. The third-order valence-electron chi connectivity index (χ3n) is 5.18. The van der Waals surface area contributed by atoms with Crippen molar-refractivity contribution in [2.45, 2.75) is 38.3 Å². The van der Waals surface area contributed by atoms with Gasteiger partial charge < -0.3 is 15.1 Å². The van der Waals surface area contributed by atoms with Gasteiger partial charge in [0, 0.05) is 6.20 Å². The van der Waals surface area contributed by atoms with Crippen LogP contribution in [0.5, 0.6) is 0 Å². The van der Waals surface area contributed by atoms with Gasteiger partial charge in [-0.25, -0.2) is 15.0 Å². The Morgan fingerprint density at radius 2 is 2.18 bits per heavy atom. The number of aromatic nitrogens is 4. The van der Waals surface area contributed by atoms with Gasteiger partial charge in [-0.1, -0.05) is 29.0 Å². The summed E-state index contributed by atoms with van der Waals surface area (Å²) in [6.07, 6.45) is 7.66. The van der Waals surface area contributed by atoms with Gasteiger partial charge in [-0.05, 0) is 49.1 Å². The number of imidazole rings is 1. The Morgan fingerprint density at radius 1 is 1.21 bits per heavy atom. The number of nitrogens with one attached hydrogen (secondary N) is 1. The quantitative estimate of drug-likeness (QED) is 0.400.